The first-order valence-corrected chi connectivity index (χ1v) is 3.71. The van der Waals surface area contributed by atoms with Crippen molar-refractivity contribution < 1.29 is 5.11 Å². The first-order valence-electron chi connectivity index (χ1n) is 3.71. The molecule has 0 bridgehead atoms. The average Bonchev–Trinajstić information content (AvgIpc) is 1.85. The molecule has 1 nitrogen and oxygen atoms in total. The van der Waals surface area contributed by atoms with Crippen LogP contribution >= 0.6 is 0 Å². The van der Waals surface area contributed by atoms with E-state index in [-0.39, 0.29) is 0 Å². The van der Waals surface area contributed by atoms with Gasteiger partial charge in [0, 0.05) is 6.42 Å². The highest BCUT2D eigenvalue weighted by Crippen LogP contribution is 2.13. The SMILES string of the molecule is CC(C)(O)[CH]c1ccccc1. The molecule has 0 heterocycles. The summed E-state index contributed by atoms with van der Waals surface area (Å²) in [5.74, 6) is 0. The van der Waals surface area contributed by atoms with Gasteiger partial charge in [0.1, 0.15) is 0 Å². The molecular weight excluding hydrogens is 136 g/mol. The Balaban J connectivity index is 2.66. The molecule has 0 aliphatic heterocycles. The monoisotopic (exact) mass is 149 g/mol. The van der Waals surface area contributed by atoms with Gasteiger partial charge in [-0.25, -0.2) is 0 Å². The maximum atomic E-state index is 9.42. The minimum atomic E-state index is -0.721. The Morgan fingerprint density at radius 3 is 2.18 bits per heavy atom. The largest absolute Gasteiger partial charge is 0.390 e. The Hall–Kier alpha value is -0.820. The highest BCUT2D eigenvalue weighted by Gasteiger charge is 2.12. The summed E-state index contributed by atoms with van der Waals surface area (Å²) in [6.45, 7) is 3.53. The first kappa shape index (κ1) is 8.28. The van der Waals surface area contributed by atoms with Crippen molar-refractivity contribution in [2.45, 2.75) is 19.4 Å². The lowest BCUT2D eigenvalue weighted by atomic mass is 9.99. The van der Waals surface area contributed by atoms with Crippen molar-refractivity contribution in [3.8, 4) is 0 Å². The molecule has 0 aliphatic rings. The van der Waals surface area contributed by atoms with E-state index in [0.717, 1.165) is 5.56 Å². The molecule has 0 unspecified atom stereocenters. The van der Waals surface area contributed by atoms with Crippen LogP contribution in [0.3, 0.4) is 0 Å². The Bertz CT molecular complexity index is 208. The third-order valence-corrected chi connectivity index (χ3v) is 1.32. The molecule has 11 heavy (non-hydrogen) atoms. The molecular formula is C10H13O. The van der Waals surface area contributed by atoms with E-state index >= 15 is 0 Å². The molecule has 0 saturated heterocycles. The predicted octanol–water partition coefficient (Wildman–Crippen LogP) is 2.01. The lowest BCUT2D eigenvalue weighted by molar-refractivity contribution is 0.119. The molecule has 0 amide bonds. The van der Waals surface area contributed by atoms with Gasteiger partial charge in [0.25, 0.3) is 0 Å². The molecule has 59 valence electrons. The molecule has 0 aliphatic carbocycles. The van der Waals surface area contributed by atoms with Crippen LogP contribution in [-0.4, -0.2) is 10.7 Å². The van der Waals surface area contributed by atoms with Crippen molar-refractivity contribution in [3.63, 3.8) is 0 Å². The Kier molecular flexibility index (Phi) is 2.30. The number of hydrogen-bond acceptors (Lipinski definition) is 1. The van der Waals surface area contributed by atoms with Crippen molar-refractivity contribution in [1.29, 1.82) is 0 Å². The maximum absolute atomic E-state index is 9.42. The molecule has 1 aromatic rings. The molecule has 0 spiro atoms. The normalized spacial score (nSPS) is 11.5. The van der Waals surface area contributed by atoms with Gasteiger partial charge in [0.05, 0.1) is 5.60 Å². The standard InChI is InChI=1S/C10H13O/c1-10(2,11)8-9-6-4-3-5-7-9/h3-8,11H,1-2H3. The minimum absolute atomic E-state index is 0.721. The molecule has 1 radical (unpaired) electrons. The third kappa shape index (κ3) is 3.19. The molecule has 0 atom stereocenters. The zero-order chi connectivity index (χ0) is 8.32. The highest BCUT2D eigenvalue weighted by atomic mass is 16.3. The van der Waals surface area contributed by atoms with Gasteiger partial charge in [0.15, 0.2) is 0 Å². The summed E-state index contributed by atoms with van der Waals surface area (Å²) >= 11 is 0. The number of aliphatic hydroxyl groups is 1. The van der Waals surface area contributed by atoms with E-state index in [9.17, 15) is 5.11 Å². The molecule has 0 saturated carbocycles. The fourth-order valence-corrected chi connectivity index (χ4v) is 0.957. The Morgan fingerprint density at radius 2 is 1.73 bits per heavy atom. The second kappa shape index (κ2) is 3.05. The molecule has 1 N–H and O–H groups in total. The fraction of sp³-hybridized carbons (Fsp3) is 0.300. The minimum Gasteiger partial charge on any atom is -0.390 e. The smallest absolute Gasteiger partial charge is 0.0666 e. The molecule has 0 fully saturated rings. The zero-order valence-corrected chi connectivity index (χ0v) is 6.91. The summed E-state index contributed by atoms with van der Waals surface area (Å²) in [5, 5.41) is 9.42. The fourth-order valence-electron chi connectivity index (χ4n) is 0.957. The summed E-state index contributed by atoms with van der Waals surface area (Å²) in [4.78, 5) is 0. The van der Waals surface area contributed by atoms with Gasteiger partial charge in [-0.2, -0.15) is 0 Å². The van der Waals surface area contributed by atoms with Gasteiger partial charge in [-0.15, -0.1) is 0 Å². The van der Waals surface area contributed by atoms with Crippen LogP contribution in [0.15, 0.2) is 30.3 Å². The third-order valence-electron chi connectivity index (χ3n) is 1.32. The molecule has 1 rings (SSSR count). The van der Waals surface area contributed by atoms with Gasteiger partial charge < -0.3 is 5.11 Å². The van der Waals surface area contributed by atoms with Gasteiger partial charge >= 0.3 is 0 Å². The average molecular weight is 149 g/mol. The van der Waals surface area contributed by atoms with Gasteiger partial charge in [0.2, 0.25) is 0 Å². The van der Waals surface area contributed by atoms with Crippen LogP contribution in [0.25, 0.3) is 0 Å². The Labute approximate surface area is 67.7 Å². The van der Waals surface area contributed by atoms with Crippen molar-refractivity contribution >= 4 is 0 Å². The topological polar surface area (TPSA) is 20.2 Å². The van der Waals surface area contributed by atoms with E-state index in [2.05, 4.69) is 0 Å². The van der Waals surface area contributed by atoms with E-state index in [0.29, 0.717) is 0 Å². The van der Waals surface area contributed by atoms with E-state index in [1.807, 2.05) is 36.8 Å². The summed E-state index contributed by atoms with van der Waals surface area (Å²) in [7, 11) is 0. The van der Waals surface area contributed by atoms with Crippen LogP contribution in [0, 0.1) is 6.42 Å². The number of benzene rings is 1. The maximum Gasteiger partial charge on any atom is 0.0666 e. The molecule has 1 aromatic carbocycles. The second-order valence-electron chi connectivity index (χ2n) is 3.21. The van der Waals surface area contributed by atoms with Gasteiger partial charge in [-0.1, -0.05) is 30.3 Å². The summed E-state index contributed by atoms with van der Waals surface area (Å²) in [6, 6.07) is 9.81. The molecule has 0 aromatic heterocycles. The van der Waals surface area contributed by atoms with Crippen LogP contribution in [0.2, 0.25) is 0 Å². The number of hydrogen-bond donors (Lipinski definition) is 1. The lowest BCUT2D eigenvalue weighted by Crippen LogP contribution is -2.19. The van der Waals surface area contributed by atoms with Crippen LogP contribution in [-0.2, 0) is 0 Å². The predicted molar refractivity (Wildman–Crippen MR) is 46.1 cm³/mol. The summed E-state index contributed by atoms with van der Waals surface area (Å²) in [5.41, 5.74) is 0.335. The van der Waals surface area contributed by atoms with Crippen LogP contribution < -0.4 is 0 Å². The van der Waals surface area contributed by atoms with E-state index < -0.39 is 5.60 Å². The second-order valence-corrected chi connectivity index (χ2v) is 3.21. The van der Waals surface area contributed by atoms with Gasteiger partial charge in [-0.05, 0) is 19.4 Å². The quantitative estimate of drug-likeness (QED) is 0.682. The van der Waals surface area contributed by atoms with Crippen LogP contribution in [0.1, 0.15) is 19.4 Å². The summed E-state index contributed by atoms with van der Waals surface area (Å²) < 4.78 is 0. The molecule has 1 heteroatoms. The lowest BCUT2D eigenvalue weighted by Gasteiger charge is -2.15. The first-order chi connectivity index (χ1) is 5.08. The highest BCUT2D eigenvalue weighted by molar-refractivity contribution is 5.25. The zero-order valence-electron chi connectivity index (χ0n) is 6.91. The van der Waals surface area contributed by atoms with E-state index in [1.54, 1.807) is 13.8 Å². The van der Waals surface area contributed by atoms with Crippen molar-refractivity contribution in [3.05, 3.63) is 42.3 Å². The van der Waals surface area contributed by atoms with Crippen LogP contribution in [0.5, 0.6) is 0 Å². The van der Waals surface area contributed by atoms with E-state index in [4.69, 9.17) is 0 Å². The summed E-state index contributed by atoms with van der Waals surface area (Å²) in [6.07, 6.45) is 1.83. The van der Waals surface area contributed by atoms with Crippen molar-refractivity contribution in [2.24, 2.45) is 0 Å². The van der Waals surface area contributed by atoms with E-state index in [1.165, 1.54) is 0 Å². The van der Waals surface area contributed by atoms with Crippen LogP contribution in [0.4, 0.5) is 0 Å². The van der Waals surface area contributed by atoms with Gasteiger partial charge in [-0.3, -0.25) is 0 Å². The Morgan fingerprint density at radius 1 is 1.18 bits per heavy atom. The van der Waals surface area contributed by atoms with Crippen molar-refractivity contribution in [2.75, 3.05) is 0 Å². The number of rotatable bonds is 2. The van der Waals surface area contributed by atoms with Crippen molar-refractivity contribution in [1.82, 2.24) is 0 Å².